The molecule has 0 aromatic heterocycles. The molecule has 0 spiro atoms. The molecule has 128 valence electrons. The third-order valence-electron chi connectivity index (χ3n) is 3.62. The number of carbonyl (C=O) groups is 1. The smallest absolute Gasteiger partial charge is 0.305 e. The van der Waals surface area contributed by atoms with E-state index in [1.165, 1.54) is 26.4 Å². The third-order valence-corrected chi connectivity index (χ3v) is 3.62. The number of allylic oxidation sites excluding steroid dienone is 3. The van der Waals surface area contributed by atoms with E-state index in [1.54, 1.807) is 0 Å². The number of carbonyl (C=O) groups excluding carboxylic acids is 1. The lowest BCUT2D eigenvalue weighted by Gasteiger charge is -2.05. The van der Waals surface area contributed by atoms with Crippen LogP contribution >= 0.6 is 0 Å². The minimum atomic E-state index is -0.212. The summed E-state index contributed by atoms with van der Waals surface area (Å²) in [5.41, 5.74) is 0. The number of methoxy groups -OCH3 is 1. The number of aliphatic hydroxyl groups is 1. The van der Waals surface area contributed by atoms with Crippen LogP contribution in [0.15, 0.2) is 24.3 Å². The number of ether oxygens (including phenoxy) is 1. The van der Waals surface area contributed by atoms with Crippen LogP contribution in [0.3, 0.4) is 0 Å². The lowest BCUT2D eigenvalue weighted by atomic mass is 10.1. The molecule has 3 heteroatoms. The largest absolute Gasteiger partial charge is 0.469 e. The normalized spacial score (nSPS) is 13.0. The van der Waals surface area contributed by atoms with Gasteiger partial charge in [0.05, 0.1) is 13.2 Å². The quantitative estimate of drug-likeness (QED) is 0.281. The molecule has 0 radical (unpaired) electrons. The highest BCUT2D eigenvalue weighted by Gasteiger charge is 2.00. The van der Waals surface area contributed by atoms with Gasteiger partial charge in [0, 0.05) is 6.42 Å². The predicted octanol–water partition coefficient (Wildman–Crippen LogP) is 4.94. The molecule has 0 fully saturated rings. The zero-order valence-electron chi connectivity index (χ0n) is 14.4. The standard InChI is InChI=1S/C19H34O3/c1-3-4-5-12-15-18(20)16-13-10-8-6-7-9-11-14-17-19(21)22-2/h4-5,10,13,18,20H,3,6-9,11-12,14-17H2,1-2H3. The molecule has 0 bridgehead atoms. The highest BCUT2D eigenvalue weighted by molar-refractivity contribution is 5.68. The maximum Gasteiger partial charge on any atom is 0.305 e. The van der Waals surface area contributed by atoms with E-state index in [9.17, 15) is 9.90 Å². The van der Waals surface area contributed by atoms with Crippen molar-refractivity contribution in [2.45, 2.75) is 83.7 Å². The molecule has 0 saturated carbocycles. The van der Waals surface area contributed by atoms with E-state index < -0.39 is 0 Å². The molecule has 0 amide bonds. The van der Waals surface area contributed by atoms with Gasteiger partial charge in [0.1, 0.15) is 0 Å². The van der Waals surface area contributed by atoms with E-state index in [4.69, 9.17) is 0 Å². The van der Waals surface area contributed by atoms with Crippen molar-refractivity contribution in [2.24, 2.45) is 0 Å². The van der Waals surface area contributed by atoms with E-state index in [0.717, 1.165) is 44.9 Å². The Morgan fingerprint density at radius 1 is 1.00 bits per heavy atom. The van der Waals surface area contributed by atoms with E-state index >= 15 is 0 Å². The Morgan fingerprint density at radius 3 is 2.41 bits per heavy atom. The van der Waals surface area contributed by atoms with Crippen LogP contribution in [-0.4, -0.2) is 24.3 Å². The first kappa shape index (κ1) is 20.9. The van der Waals surface area contributed by atoms with Crippen molar-refractivity contribution >= 4 is 5.97 Å². The van der Waals surface area contributed by atoms with Crippen LogP contribution in [0.4, 0.5) is 0 Å². The number of rotatable bonds is 14. The van der Waals surface area contributed by atoms with E-state index in [1.807, 2.05) is 0 Å². The fraction of sp³-hybridized carbons (Fsp3) is 0.737. The Kier molecular flexibility index (Phi) is 15.5. The van der Waals surface area contributed by atoms with Gasteiger partial charge in [-0.2, -0.15) is 0 Å². The minimum Gasteiger partial charge on any atom is -0.469 e. The summed E-state index contributed by atoms with van der Waals surface area (Å²) < 4.78 is 4.61. The summed E-state index contributed by atoms with van der Waals surface area (Å²) >= 11 is 0. The molecule has 1 atom stereocenters. The summed E-state index contributed by atoms with van der Waals surface area (Å²) in [6.45, 7) is 2.12. The Bertz CT molecular complexity index is 308. The van der Waals surface area contributed by atoms with Crippen molar-refractivity contribution < 1.29 is 14.6 Å². The molecule has 0 rings (SSSR count). The SMILES string of the molecule is CCC=CCCC(O)CC=CCCCCCCCC(=O)OC. The third kappa shape index (κ3) is 15.3. The zero-order chi connectivity index (χ0) is 16.5. The van der Waals surface area contributed by atoms with E-state index in [2.05, 4.69) is 36.0 Å². The predicted molar refractivity (Wildman–Crippen MR) is 92.8 cm³/mol. The second kappa shape index (κ2) is 16.3. The fourth-order valence-electron chi connectivity index (χ4n) is 2.23. The average Bonchev–Trinajstić information content (AvgIpc) is 2.53. The number of unbranched alkanes of at least 4 members (excludes halogenated alkanes) is 5. The summed E-state index contributed by atoms with van der Waals surface area (Å²) in [6, 6.07) is 0. The molecule has 0 heterocycles. The maximum atomic E-state index is 10.9. The van der Waals surface area contributed by atoms with E-state index in [-0.39, 0.29) is 12.1 Å². The van der Waals surface area contributed by atoms with Crippen LogP contribution in [0.1, 0.15) is 77.6 Å². The molecular weight excluding hydrogens is 276 g/mol. The molecule has 0 aliphatic carbocycles. The fourth-order valence-corrected chi connectivity index (χ4v) is 2.23. The van der Waals surface area contributed by atoms with Crippen LogP contribution < -0.4 is 0 Å². The van der Waals surface area contributed by atoms with Gasteiger partial charge >= 0.3 is 5.97 Å². The van der Waals surface area contributed by atoms with Crippen molar-refractivity contribution in [1.82, 2.24) is 0 Å². The molecule has 0 aromatic rings. The summed E-state index contributed by atoms with van der Waals surface area (Å²) in [6.07, 6.45) is 19.2. The van der Waals surface area contributed by atoms with Gasteiger partial charge in [0.25, 0.3) is 0 Å². The lowest BCUT2D eigenvalue weighted by Crippen LogP contribution is -2.03. The monoisotopic (exact) mass is 310 g/mol. The van der Waals surface area contributed by atoms with Gasteiger partial charge in [-0.25, -0.2) is 0 Å². The van der Waals surface area contributed by atoms with Crippen LogP contribution in [0, 0.1) is 0 Å². The van der Waals surface area contributed by atoms with Crippen molar-refractivity contribution in [3.63, 3.8) is 0 Å². The first-order valence-corrected chi connectivity index (χ1v) is 8.75. The molecule has 0 saturated heterocycles. The molecule has 0 aliphatic heterocycles. The Labute approximate surface area is 136 Å². The number of hydrogen-bond donors (Lipinski definition) is 1. The lowest BCUT2D eigenvalue weighted by molar-refractivity contribution is -0.140. The molecule has 3 nitrogen and oxygen atoms in total. The maximum absolute atomic E-state index is 10.9. The molecule has 0 aliphatic rings. The van der Waals surface area contributed by atoms with Crippen molar-refractivity contribution in [2.75, 3.05) is 7.11 Å². The summed E-state index contributed by atoms with van der Waals surface area (Å²) in [7, 11) is 1.44. The Hall–Kier alpha value is -1.09. The minimum absolute atomic E-state index is 0.105. The molecule has 1 N–H and O–H groups in total. The molecular formula is C19H34O3. The summed E-state index contributed by atoms with van der Waals surface area (Å²) in [5.74, 6) is -0.105. The van der Waals surface area contributed by atoms with Crippen molar-refractivity contribution in [3.05, 3.63) is 24.3 Å². The molecule has 22 heavy (non-hydrogen) atoms. The van der Waals surface area contributed by atoms with Crippen molar-refractivity contribution in [1.29, 1.82) is 0 Å². The Morgan fingerprint density at radius 2 is 1.68 bits per heavy atom. The second-order valence-corrected chi connectivity index (χ2v) is 5.70. The van der Waals surface area contributed by atoms with Gasteiger partial charge in [0.2, 0.25) is 0 Å². The van der Waals surface area contributed by atoms with Crippen LogP contribution in [0.2, 0.25) is 0 Å². The highest BCUT2D eigenvalue weighted by Crippen LogP contribution is 2.09. The topological polar surface area (TPSA) is 46.5 Å². The highest BCUT2D eigenvalue weighted by atomic mass is 16.5. The van der Waals surface area contributed by atoms with Gasteiger partial charge in [-0.15, -0.1) is 0 Å². The molecule has 0 aromatic carbocycles. The van der Waals surface area contributed by atoms with Crippen LogP contribution in [-0.2, 0) is 9.53 Å². The first-order valence-electron chi connectivity index (χ1n) is 8.75. The van der Waals surface area contributed by atoms with Gasteiger partial charge in [0.15, 0.2) is 0 Å². The zero-order valence-corrected chi connectivity index (χ0v) is 14.4. The van der Waals surface area contributed by atoms with Crippen LogP contribution in [0.5, 0.6) is 0 Å². The summed E-state index contributed by atoms with van der Waals surface area (Å²) in [5, 5.41) is 9.79. The van der Waals surface area contributed by atoms with Crippen LogP contribution in [0.25, 0.3) is 0 Å². The first-order chi connectivity index (χ1) is 10.7. The van der Waals surface area contributed by atoms with Gasteiger partial charge in [-0.1, -0.05) is 50.5 Å². The van der Waals surface area contributed by atoms with Gasteiger partial charge < -0.3 is 9.84 Å². The summed E-state index contributed by atoms with van der Waals surface area (Å²) in [4.78, 5) is 10.9. The van der Waals surface area contributed by atoms with E-state index in [0.29, 0.717) is 6.42 Å². The number of hydrogen-bond acceptors (Lipinski definition) is 3. The second-order valence-electron chi connectivity index (χ2n) is 5.70. The van der Waals surface area contributed by atoms with Gasteiger partial charge in [-0.3, -0.25) is 4.79 Å². The molecule has 1 unspecified atom stereocenters. The average molecular weight is 310 g/mol. The number of esters is 1. The number of aliphatic hydroxyl groups excluding tert-OH is 1. The van der Waals surface area contributed by atoms with Gasteiger partial charge in [-0.05, 0) is 44.9 Å². The Balaban J connectivity index is 3.33. The van der Waals surface area contributed by atoms with Crippen molar-refractivity contribution in [3.8, 4) is 0 Å².